The van der Waals surface area contributed by atoms with E-state index < -0.39 is 0 Å². The fourth-order valence-corrected chi connectivity index (χ4v) is 4.97. The van der Waals surface area contributed by atoms with Crippen LogP contribution in [0.5, 0.6) is 11.5 Å². The van der Waals surface area contributed by atoms with Crippen molar-refractivity contribution in [2.75, 3.05) is 0 Å². The molecule has 0 spiro atoms. The van der Waals surface area contributed by atoms with Gasteiger partial charge >= 0.3 is 0 Å². The second-order valence-corrected chi connectivity index (χ2v) is 9.64. The van der Waals surface area contributed by atoms with Gasteiger partial charge in [-0.25, -0.2) is 4.98 Å². The molecule has 0 amide bonds. The number of rotatable bonds is 11. The third-order valence-electron chi connectivity index (χ3n) is 7.02. The van der Waals surface area contributed by atoms with E-state index in [2.05, 4.69) is 41.2 Å². The van der Waals surface area contributed by atoms with Crippen molar-refractivity contribution < 1.29 is 14.3 Å². The van der Waals surface area contributed by atoms with Crippen molar-refractivity contribution in [3.8, 4) is 11.5 Å². The summed E-state index contributed by atoms with van der Waals surface area (Å²) in [6, 6.07) is 22.4. The van der Waals surface area contributed by atoms with Crippen LogP contribution in [0.25, 0.3) is 0 Å². The van der Waals surface area contributed by atoms with Gasteiger partial charge in [0.15, 0.2) is 5.78 Å². The van der Waals surface area contributed by atoms with Gasteiger partial charge in [0.2, 0.25) is 0 Å². The number of H-pyrrole nitrogens is 1. The van der Waals surface area contributed by atoms with Crippen LogP contribution in [0.3, 0.4) is 0 Å². The molecule has 3 aromatic carbocycles. The van der Waals surface area contributed by atoms with Crippen molar-refractivity contribution in [3.05, 3.63) is 113 Å². The van der Waals surface area contributed by atoms with E-state index >= 15 is 0 Å². The number of benzene rings is 3. The van der Waals surface area contributed by atoms with Crippen LogP contribution in [0.1, 0.15) is 77.1 Å². The highest BCUT2D eigenvalue weighted by molar-refractivity contribution is 5.99. The largest absolute Gasteiger partial charge is 0.489 e. The van der Waals surface area contributed by atoms with E-state index in [9.17, 15) is 4.79 Å². The molecule has 0 radical (unpaired) electrons. The number of aryl methyl sites for hydroxylation is 1. The molecule has 190 valence electrons. The summed E-state index contributed by atoms with van der Waals surface area (Å²) in [6.07, 6.45) is 9.70. The molecule has 0 saturated heterocycles. The minimum absolute atomic E-state index is 0.199. The minimum Gasteiger partial charge on any atom is -0.489 e. The Kier molecular flexibility index (Phi) is 7.99. The Hall–Kier alpha value is -3.86. The Morgan fingerprint density at radius 2 is 1.84 bits per heavy atom. The van der Waals surface area contributed by atoms with Gasteiger partial charge in [-0.2, -0.15) is 0 Å². The number of aromatic nitrogens is 2. The highest BCUT2D eigenvalue weighted by atomic mass is 16.5. The molecule has 37 heavy (non-hydrogen) atoms. The fourth-order valence-electron chi connectivity index (χ4n) is 4.97. The van der Waals surface area contributed by atoms with E-state index in [0.29, 0.717) is 19.4 Å². The molecule has 1 N–H and O–H groups in total. The SMILES string of the molecule is CCCCc1ccc(OCc2c(OC(Cc3ncc[nH]3)c3ccccc3)ccc3c2CCCC3=O)cc1. The summed E-state index contributed by atoms with van der Waals surface area (Å²) in [5.74, 6) is 2.64. The van der Waals surface area contributed by atoms with Crippen LogP contribution in [-0.2, 0) is 25.9 Å². The van der Waals surface area contributed by atoms with Crippen LogP contribution in [-0.4, -0.2) is 15.8 Å². The van der Waals surface area contributed by atoms with Gasteiger partial charge in [-0.3, -0.25) is 4.79 Å². The van der Waals surface area contributed by atoms with Crippen molar-refractivity contribution >= 4 is 5.78 Å². The molecule has 0 aliphatic heterocycles. The number of nitrogens with one attached hydrogen (secondary N) is 1. The second-order valence-electron chi connectivity index (χ2n) is 9.64. The predicted molar refractivity (Wildman–Crippen MR) is 145 cm³/mol. The van der Waals surface area contributed by atoms with Crippen molar-refractivity contribution in [2.24, 2.45) is 0 Å². The maximum Gasteiger partial charge on any atom is 0.163 e. The van der Waals surface area contributed by atoms with Crippen LogP contribution < -0.4 is 9.47 Å². The van der Waals surface area contributed by atoms with E-state index in [1.54, 1.807) is 6.20 Å². The van der Waals surface area contributed by atoms with E-state index in [1.165, 1.54) is 18.4 Å². The number of carbonyl (C=O) groups is 1. The number of carbonyl (C=O) groups excluding carboxylic acids is 1. The van der Waals surface area contributed by atoms with Crippen molar-refractivity contribution in [3.63, 3.8) is 0 Å². The number of aromatic amines is 1. The molecule has 0 bridgehead atoms. The maximum absolute atomic E-state index is 12.7. The fraction of sp³-hybridized carbons (Fsp3) is 0.312. The van der Waals surface area contributed by atoms with Gasteiger partial charge in [-0.05, 0) is 66.6 Å². The summed E-state index contributed by atoms with van der Waals surface area (Å²) in [7, 11) is 0. The summed E-state index contributed by atoms with van der Waals surface area (Å²) in [5.41, 5.74) is 5.21. The van der Waals surface area contributed by atoms with Gasteiger partial charge in [0.25, 0.3) is 0 Å². The average molecular weight is 495 g/mol. The highest BCUT2D eigenvalue weighted by Gasteiger charge is 2.25. The van der Waals surface area contributed by atoms with E-state index in [-0.39, 0.29) is 11.9 Å². The number of nitrogens with zero attached hydrogens (tertiary/aromatic N) is 1. The summed E-state index contributed by atoms with van der Waals surface area (Å²) in [5, 5.41) is 0. The summed E-state index contributed by atoms with van der Waals surface area (Å²) < 4.78 is 13.0. The first-order chi connectivity index (χ1) is 18.2. The first-order valence-electron chi connectivity index (χ1n) is 13.3. The first kappa shape index (κ1) is 24.8. The third-order valence-corrected chi connectivity index (χ3v) is 7.02. The number of imidazole rings is 1. The number of unbranched alkanes of at least 4 members (excludes halogenated alkanes) is 1. The number of hydrogen-bond acceptors (Lipinski definition) is 4. The van der Waals surface area contributed by atoms with Crippen molar-refractivity contribution in [1.29, 1.82) is 0 Å². The Morgan fingerprint density at radius 3 is 2.59 bits per heavy atom. The van der Waals surface area contributed by atoms with E-state index in [0.717, 1.165) is 58.8 Å². The number of ether oxygens (including phenoxy) is 2. The molecule has 0 fully saturated rings. The molecule has 5 rings (SSSR count). The first-order valence-corrected chi connectivity index (χ1v) is 13.3. The third kappa shape index (κ3) is 6.11. The molecule has 5 nitrogen and oxygen atoms in total. The van der Waals surface area contributed by atoms with Crippen LogP contribution in [0.4, 0.5) is 0 Å². The Labute approximate surface area is 218 Å². The molecule has 1 atom stereocenters. The molecular weight excluding hydrogens is 460 g/mol. The highest BCUT2D eigenvalue weighted by Crippen LogP contribution is 2.35. The zero-order valence-electron chi connectivity index (χ0n) is 21.4. The standard InChI is InChI=1S/C32H34N2O3/c1-2-3-8-23-13-15-25(16-14-23)36-22-28-26-11-7-12-29(35)27(26)17-18-30(28)37-31(21-32-33-19-20-34-32)24-9-5-4-6-10-24/h4-6,9-10,13-20,31H,2-3,7-8,11-12,21-22H2,1H3,(H,33,34). The topological polar surface area (TPSA) is 64.2 Å². The Bertz CT molecular complexity index is 1300. The maximum atomic E-state index is 12.7. The molecule has 1 unspecified atom stereocenters. The molecule has 0 saturated carbocycles. The zero-order chi connectivity index (χ0) is 25.5. The zero-order valence-corrected chi connectivity index (χ0v) is 21.4. The van der Waals surface area contributed by atoms with Crippen LogP contribution in [0.15, 0.2) is 79.1 Å². The average Bonchev–Trinajstić information content (AvgIpc) is 3.45. The quantitative estimate of drug-likeness (QED) is 0.239. The van der Waals surface area contributed by atoms with Gasteiger partial charge in [0.05, 0.1) is 0 Å². The van der Waals surface area contributed by atoms with Gasteiger partial charge in [0.1, 0.15) is 30.0 Å². The number of fused-ring (bicyclic) bond motifs is 1. The minimum atomic E-state index is -0.235. The normalized spacial score (nSPS) is 13.7. The number of Topliss-reactive ketones (excluding diaryl/α,β-unsaturated/α-hetero) is 1. The second kappa shape index (κ2) is 11.9. The molecule has 1 aromatic heterocycles. The molecule has 1 aliphatic rings. The van der Waals surface area contributed by atoms with Gasteiger partial charge in [-0.1, -0.05) is 55.8 Å². The van der Waals surface area contributed by atoms with Gasteiger partial charge < -0.3 is 14.5 Å². The summed E-state index contributed by atoms with van der Waals surface area (Å²) >= 11 is 0. The van der Waals surface area contributed by atoms with Crippen LogP contribution >= 0.6 is 0 Å². The lowest BCUT2D eigenvalue weighted by molar-refractivity contribution is 0.0971. The molecule has 4 aromatic rings. The van der Waals surface area contributed by atoms with Crippen molar-refractivity contribution in [1.82, 2.24) is 9.97 Å². The lowest BCUT2D eigenvalue weighted by atomic mass is 9.87. The van der Waals surface area contributed by atoms with E-state index in [4.69, 9.17) is 9.47 Å². The molecule has 1 heterocycles. The number of ketones is 1. The van der Waals surface area contributed by atoms with Gasteiger partial charge in [-0.15, -0.1) is 0 Å². The van der Waals surface area contributed by atoms with Crippen molar-refractivity contribution in [2.45, 2.75) is 64.6 Å². The van der Waals surface area contributed by atoms with Crippen LogP contribution in [0, 0.1) is 0 Å². The Balaban J connectivity index is 1.43. The molecular formula is C32H34N2O3. The number of hydrogen-bond donors (Lipinski definition) is 1. The molecule has 1 aliphatic carbocycles. The Morgan fingerprint density at radius 1 is 1.00 bits per heavy atom. The summed E-state index contributed by atoms with van der Waals surface area (Å²) in [4.78, 5) is 20.3. The van der Waals surface area contributed by atoms with Gasteiger partial charge in [0, 0.05) is 36.4 Å². The monoisotopic (exact) mass is 494 g/mol. The summed E-state index contributed by atoms with van der Waals surface area (Å²) in [6.45, 7) is 2.56. The lowest BCUT2D eigenvalue weighted by Gasteiger charge is -2.25. The predicted octanol–water partition coefficient (Wildman–Crippen LogP) is 7.21. The lowest BCUT2D eigenvalue weighted by Crippen LogP contribution is -2.18. The smallest absolute Gasteiger partial charge is 0.163 e. The van der Waals surface area contributed by atoms with Crippen LogP contribution in [0.2, 0.25) is 0 Å². The molecule has 5 heteroatoms. The van der Waals surface area contributed by atoms with E-state index in [1.807, 2.05) is 48.7 Å².